The zero-order valence-corrected chi connectivity index (χ0v) is 15.8. The van der Waals surface area contributed by atoms with Gasteiger partial charge in [0.2, 0.25) is 5.95 Å². The van der Waals surface area contributed by atoms with Gasteiger partial charge in [0.05, 0.1) is 6.61 Å². The minimum absolute atomic E-state index is 0.0883. The van der Waals surface area contributed by atoms with Crippen LogP contribution in [-0.4, -0.2) is 84.7 Å². The van der Waals surface area contributed by atoms with Crippen molar-refractivity contribution >= 4 is 18.0 Å². The Labute approximate surface area is 161 Å². The van der Waals surface area contributed by atoms with Gasteiger partial charge in [-0.15, -0.1) is 0 Å². The van der Waals surface area contributed by atoms with E-state index in [0.717, 1.165) is 12.3 Å². The number of amides is 1. The molecule has 1 aromatic heterocycles. The highest BCUT2D eigenvalue weighted by molar-refractivity contribution is 5.80. The van der Waals surface area contributed by atoms with E-state index in [1.807, 2.05) is 4.90 Å². The highest BCUT2D eigenvalue weighted by atomic mass is 19.4. The third kappa shape index (κ3) is 6.13. The van der Waals surface area contributed by atoms with E-state index in [1.54, 1.807) is 18.9 Å². The molecule has 1 amide bonds. The Morgan fingerprint density at radius 2 is 1.93 bits per heavy atom. The van der Waals surface area contributed by atoms with Gasteiger partial charge < -0.3 is 25.2 Å². The van der Waals surface area contributed by atoms with E-state index in [0.29, 0.717) is 51.8 Å². The van der Waals surface area contributed by atoms with Gasteiger partial charge in [0.1, 0.15) is 5.69 Å². The van der Waals surface area contributed by atoms with Gasteiger partial charge in [-0.2, -0.15) is 13.2 Å². The second-order valence-electron chi connectivity index (χ2n) is 5.84. The van der Waals surface area contributed by atoms with Crippen LogP contribution in [0.25, 0.3) is 0 Å². The van der Waals surface area contributed by atoms with Crippen LogP contribution in [0.1, 0.15) is 12.6 Å². The smallest absolute Gasteiger partial charge is 0.433 e. The first-order valence-corrected chi connectivity index (χ1v) is 8.86. The molecule has 12 heteroatoms. The Balaban J connectivity index is 1.76. The molecule has 1 fully saturated rings. The van der Waals surface area contributed by atoms with Crippen LogP contribution >= 0.6 is 0 Å². The lowest BCUT2D eigenvalue weighted by atomic mass is 10.3. The first kappa shape index (κ1) is 21.5. The number of hydrogen-bond donors (Lipinski definition) is 2. The molecule has 0 unspecified atom stereocenters. The zero-order chi connectivity index (χ0) is 20.6. The minimum Gasteiger partial charge on any atom is -0.450 e. The molecule has 0 atom stereocenters. The highest BCUT2D eigenvalue weighted by Gasteiger charge is 2.32. The van der Waals surface area contributed by atoms with Gasteiger partial charge in [0.25, 0.3) is 0 Å². The Kier molecular flexibility index (Phi) is 7.64. The van der Waals surface area contributed by atoms with Crippen LogP contribution in [0, 0.1) is 0 Å². The number of guanidine groups is 1. The summed E-state index contributed by atoms with van der Waals surface area (Å²) >= 11 is 0. The summed E-state index contributed by atoms with van der Waals surface area (Å²) in [4.78, 5) is 26.8. The third-order valence-corrected chi connectivity index (χ3v) is 3.95. The van der Waals surface area contributed by atoms with Crippen molar-refractivity contribution in [2.75, 3.05) is 58.2 Å². The van der Waals surface area contributed by atoms with Gasteiger partial charge >= 0.3 is 12.3 Å². The number of aromatic nitrogens is 2. The van der Waals surface area contributed by atoms with Gasteiger partial charge in [0, 0.05) is 52.5 Å². The number of carbonyl (C=O) groups excluding carboxylic acids is 1. The summed E-state index contributed by atoms with van der Waals surface area (Å²) in [5, 5.41) is 5.87. The Morgan fingerprint density at radius 3 is 2.54 bits per heavy atom. The van der Waals surface area contributed by atoms with Gasteiger partial charge in [-0.1, -0.05) is 0 Å². The van der Waals surface area contributed by atoms with Crippen LogP contribution in [0.2, 0.25) is 0 Å². The van der Waals surface area contributed by atoms with Crippen molar-refractivity contribution < 1.29 is 22.7 Å². The summed E-state index contributed by atoms with van der Waals surface area (Å²) in [6.45, 7) is 5.06. The van der Waals surface area contributed by atoms with Crippen molar-refractivity contribution in [1.82, 2.24) is 25.1 Å². The summed E-state index contributed by atoms with van der Waals surface area (Å²) in [6.07, 6.45) is -3.77. The number of nitrogens with zero attached hydrogens (tertiary/aromatic N) is 5. The molecule has 0 aliphatic carbocycles. The summed E-state index contributed by atoms with van der Waals surface area (Å²) in [7, 11) is 1.64. The van der Waals surface area contributed by atoms with Crippen molar-refractivity contribution in [1.29, 1.82) is 0 Å². The maximum Gasteiger partial charge on any atom is 0.433 e. The van der Waals surface area contributed by atoms with E-state index in [4.69, 9.17) is 4.74 Å². The fourth-order valence-corrected chi connectivity index (χ4v) is 2.60. The molecule has 1 aliphatic rings. The van der Waals surface area contributed by atoms with Crippen molar-refractivity contribution in [3.8, 4) is 0 Å². The standard InChI is InChI=1S/C16H24F3N7O2/c1-3-28-15(27)26-10-8-25(9-11-26)14(20-2)23-7-6-22-13-21-5-4-12(24-13)16(17,18)19/h4-5H,3,6-11H2,1-2H3,(H,20,23)(H,21,22,24). The van der Waals surface area contributed by atoms with Crippen LogP contribution < -0.4 is 10.6 Å². The van der Waals surface area contributed by atoms with Gasteiger partial charge in [-0.3, -0.25) is 4.99 Å². The topological polar surface area (TPSA) is 95.0 Å². The van der Waals surface area contributed by atoms with Crippen molar-refractivity contribution in [2.45, 2.75) is 13.1 Å². The maximum absolute atomic E-state index is 12.7. The van der Waals surface area contributed by atoms with Crippen molar-refractivity contribution in [2.24, 2.45) is 4.99 Å². The molecule has 28 heavy (non-hydrogen) atoms. The molecular weight excluding hydrogens is 379 g/mol. The number of halogens is 3. The van der Waals surface area contributed by atoms with E-state index in [1.165, 1.54) is 0 Å². The molecule has 0 saturated carbocycles. The average molecular weight is 403 g/mol. The van der Waals surface area contributed by atoms with Crippen LogP contribution in [0.5, 0.6) is 0 Å². The molecule has 2 N–H and O–H groups in total. The van der Waals surface area contributed by atoms with Crippen LogP contribution in [0.15, 0.2) is 17.3 Å². The first-order chi connectivity index (χ1) is 13.3. The maximum atomic E-state index is 12.7. The molecule has 0 bridgehead atoms. The molecule has 0 spiro atoms. The summed E-state index contributed by atoms with van der Waals surface area (Å²) in [5.41, 5.74) is -0.992. The van der Waals surface area contributed by atoms with Gasteiger partial charge in [-0.05, 0) is 13.0 Å². The Morgan fingerprint density at radius 1 is 1.25 bits per heavy atom. The van der Waals surface area contributed by atoms with E-state index in [2.05, 4.69) is 25.6 Å². The number of hydrogen-bond acceptors (Lipinski definition) is 6. The highest BCUT2D eigenvalue weighted by Crippen LogP contribution is 2.27. The molecule has 2 rings (SSSR count). The number of piperazine rings is 1. The third-order valence-electron chi connectivity index (χ3n) is 3.95. The quantitative estimate of drug-likeness (QED) is 0.434. The molecule has 1 saturated heterocycles. The van der Waals surface area contributed by atoms with Crippen LogP contribution in [0.4, 0.5) is 23.9 Å². The second-order valence-corrected chi connectivity index (χ2v) is 5.84. The second kappa shape index (κ2) is 9.95. The lowest BCUT2D eigenvalue weighted by molar-refractivity contribution is -0.141. The van der Waals surface area contributed by atoms with Crippen LogP contribution in [-0.2, 0) is 10.9 Å². The Hall–Kier alpha value is -2.79. The lowest BCUT2D eigenvalue weighted by Gasteiger charge is -2.35. The summed E-state index contributed by atoms with van der Waals surface area (Å²) in [6, 6.07) is 0.821. The Bertz CT molecular complexity index is 676. The number of anilines is 1. The number of nitrogens with one attached hydrogen (secondary N) is 2. The molecule has 2 heterocycles. The SMILES string of the molecule is CCOC(=O)N1CCN(C(=NC)NCCNc2nccc(C(F)(F)F)n2)CC1. The fraction of sp³-hybridized carbons (Fsp3) is 0.625. The monoisotopic (exact) mass is 403 g/mol. The van der Waals surface area contributed by atoms with Crippen molar-refractivity contribution in [3.63, 3.8) is 0 Å². The van der Waals surface area contributed by atoms with E-state index in [9.17, 15) is 18.0 Å². The van der Waals surface area contributed by atoms with E-state index in [-0.39, 0.29) is 12.0 Å². The minimum atomic E-state index is -4.51. The molecule has 0 aromatic carbocycles. The molecule has 1 aromatic rings. The molecule has 1 aliphatic heterocycles. The summed E-state index contributed by atoms with van der Waals surface area (Å²) in [5.74, 6) is 0.560. The van der Waals surface area contributed by atoms with Gasteiger partial charge in [-0.25, -0.2) is 14.8 Å². The molecule has 0 radical (unpaired) electrons. The molecule has 9 nitrogen and oxygen atoms in total. The van der Waals surface area contributed by atoms with Gasteiger partial charge in [0.15, 0.2) is 5.96 Å². The molecule has 156 valence electrons. The normalized spacial score (nSPS) is 15.4. The van der Waals surface area contributed by atoms with Crippen LogP contribution in [0.3, 0.4) is 0 Å². The lowest BCUT2D eigenvalue weighted by Crippen LogP contribution is -2.54. The van der Waals surface area contributed by atoms with E-state index < -0.39 is 11.9 Å². The predicted octanol–water partition coefficient (Wildman–Crippen LogP) is 1.26. The average Bonchev–Trinajstić information content (AvgIpc) is 2.68. The number of ether oxygens (including phenoxy) is 1. The summed E-state index contributed by atoms with van der Waals surface area (Å²) < 4.78 is 42.9. The zero-order valence-electron chi connectivity index (χ0n) is 15.8. The van der Waals surface area contributed by atoms with E-state index >= 15 is 0 Å². The number of carbonyl (C=O) groups is 1. The molecular formula is C16H24F3N7O2. The number of rotatable bonds is 5. The number of aliphatic imine (C=N–C) groups is 1. The van der Waals surface area contributed by atoms with Crippen molar-refractivity contribution in [3.05, 3.63) is 18.0 Å². The predicted molar refractivity (Wildman–Crippen MR) is 97.1 cm³/mol. The first-order valence-electron chi connectivity index (χ1n) is 8.86. The largest absolute Gasteiger partial charge is 0.450 e. The fourth-order valence-electron chi connectivity index (χ4n) is 2.60. The number of alkyl halides is 3.